The molecule has 3 heterocycles. The van der Waals surface area contributed by atoms with E-state index in [1.807, 2.05) is 0 Å². The summed E-state index contributed by atoms with van der Waals surface area (Å²) in [4.78, 5) is 8.64. The number of rotatable bonds is 4. The van der Waals surface area contributed by atoms with E-state index in [2.05, 4.69) is 25.0 Å². The van der Waals surface area contributed by atoms with Crippen LogP contribution in [0.1, 0.15) is 5.69 Å². The maximum absolute atomic E-state index is 14.1. The van der Waals surface area contributed by atoms with Gasteiger partial charge in [-0.05, 0) is 36.4 Å². The summed E-state index contributed by atoms with van der Waals surface area (Å²) in [5.41, 5.74) is 8.16. The molecule has 12 heteroatoms. The van der Waals surface area contributed by atoms with Gasteiger partial charge in [-0.3, -0.25) is 4.40 Å². The molecule has 0 radical (unpaired) electrons. The van der Waals surface area contributed by atoms with Crippen molar-refractivity contribution in [1.29, 1.82) is 0 Å². The van der Waals surface area contributed by atoms with E-state index in [0.29, 0.717) is 28.0 Å². The molecule has 0 spiro atoms. The minimum atomic E-state index is -4.76. The number of aromatic nitrogens is 6. The second-order valence-corrected chi connectivity index (χ2v) is 6.91. The van der Waals surface area contributed by atoms with Crippen LogP contribution in [0, 0.1) is 5.82 Å². The van der Waals surface area contributed by atoms with Crippen LogP contribution in [0.5, 0.6) is 5.75 Å². The van der Waals surface area contributed by atoms with Gasteiger partial charge in [-0.1, -0.05) is 11.3 Å². The zero-order valence-corrected chi connectivity index (χ0v) is 16.1. The molecule has 0 saturated carbocycles. The largest absolute Gasteiger partial charge is 0.573 e. The predicted molar refractivity (Wildman–Crippen MR) is 106 cm³/mol. The average molecular weight is 443 g/mol. The number of nitrogen functional groups attached to an aromatic ring is 1. The molecular weight excluding hydrogens is 430 g/mol. The number of para-hydroxylation sites is 1. The van der Waals surface area contributed by atoms with Crippen molar-refractivity contribution >= 4 is 22.5 Å². The van der Waals surface area contributed by atoms with Crippen LogP contribution in [-0.2, 0) is 6.54 Å². The molecule has 32 heavy (non-hydrogen) atoms. The van der Waals surface area contributed by atoms with Gasteiger partial charge in [0.2, 0.25) is 5.95 Å². The summed E-state index contributed by atoms with van der Waals surface area (Å²) in [5, 5.41) is 8.61. The predicted octanol–water partition coefficient (Wildman–Crippen LogP) is 3.81. The summed E-state index contributed by atoms with van der Waals surface area (Å²) < 4.78 is 57.9. The van der Waals surface area contributed by atoms with Gasteiger partial charge in [0, 0.05) is 17.1 Å². The first-order chi connectivity index (χ1) is 15.3. The monoisotopic (exact) mass is 443 g/mol. The third-order valence-corrected chi connectivity index (χ3v) is 4.70. The van der Waals surface area contributed by atoms with E-state index in [1.54, 1.807) is 28.9 Å². The number of halogens is 4. The van der Waals surface area contributed by atoms with Crippen LogP contribution < -0.4 is 10.5 Å². The van der Waals surface area contributed by atoms with Gasteiger partial charge >= 0.3 is 6.36 Å². The number of fused-ring (bicyclic) bond motifs is 3. The molecular formula is C20H13F4N7O. The third-order valence-electron chi connectivity index (χ3n) is 4.70. The summed E-state index contributed by atoms with van der Waals surface area (Å²) >= 11 is 0. The van der Waals surface area contributed by atoms with Gasteiger partial charge in [0.15, 0.2) is 0 Å². The zero-order chi connectivity index (χ0) is 22.5. The minimum Gasteiger partial charge on any atom is -0.406 e. The number of imidazole rings is 1. The second-order valence-electron chi connectivity index (χ2n) is 6.91. The van der Waals surface area contributed by atoms with Crippen LogP contribution in [0.4, 0.5) is 23.5 Å². The Balaban J connectivity index is 1.41. The van der Waals surface area contributed by atoms with Crippen molar-refractivity contribution < 1.29 is 22.3 Å². The van der Waals surface area contributed by atoms with Gasteiger partial charge in [-0.15, -0.1) is 18.3 Å². The van der Waals surface area contributed by atoms with Crippen LogP contribution in [0.2, 0.25) is 0 Å². The quantitative estimate of drug-likeness (QED) is 0.425. The van der Waals surface area contributed by atoms with E-state index >= 15 is 0 Å². The van der Waals surface area contributed by atoms with E-state index in [0.717, 1.165) is 0 Å². The molecule has 0 amide bonds. The van der Waals surface area contributed by atoms with E-state index in [4.69, 9.17) is 5.73 Å². The molecule has 0 saturated heterocycles. The Morgan fingerprint density at radius 3 is 2.53 bits per heavy atom. The molecule has 5 aromatic rings. The lowest BCUT2D eigenvalue weighted by molar-refractivity contribution is -0.274. The normalized spacial score (nSPS) is 12.0. The number of benzene rings is 2. The molecule has 2 aromatic carbocycles. The number of anilines is 1. The number of hydrogen-bond acceptors (Lipinski definition) is 6. The summed E-state index contributed by atoms with van der Waals surface area (Å²) in [6, 6.07) is 9.87. The van der Waals surface area contributed by atoms with Crippen LogP contribution in [0.3, 0.4) is 0 Å². The highest BCUT2D eigenvalue weighted by Crippen LogP contribution is 2.26. The fourth-order valence-corrected chi connectivity index (χ4v) is 3.35. The van der Waals surface area contributed by atoms with Crippen LogP contribution in [0.25, 0.3) is 27.8 Å². The van der Waals surface area contributed by atoms with Gasteiger partial charge in [-0.25, -0.2) is 19.0 Å². The summed E-state index contributed by atoms with van der Waals surface area (Å²) in [5.74, 6) is -0.723. The molecule has 0 atom stereocenters. The van der Waals surface area contributed by atoms with Gasteiger partial charge in [0.1, 0.15) is 28.4 Å². The maximum Gasteiger partial charge on any atom is 0.573 e. The van der Waals surface area contributed by atoms with Gasteiger partial charge in [0.05, 0.1) is 18.4 Å². The lowest BCUT2D eigenvalue weighted by Gasteiger charge is -2.08. The van der Waals surface area contributed by atoms with Crippen molar-refractivity contribution in [2.45, 2.75) is 12.9 Å². The third kappa shape index (κ3) is 3.66. The van der Waals surface area contributed by atoms with Crippen LogP contribution >= 0.6 is 0 Å². The van der Waals surface area contributed by atoms with Gasteiger partial charge in [-0.2, -0.15) is 0 Å². The van der Waals surface area contributed by atoms with Crippen molar-refractivity contribution in [2.24, 2.45) is 0 Å². The number of ether oxygens (including phenoxy) is 1. The molecule has 3 aromatic heterocycles. The van der Waals surface area contributed by atoms with Crippen LogP contribution in [0.15, 0.2) is 54.9 Å². The molecule has 2 N–H and O–H groups in total. The standard InChI is InChI=1S/C20H13F4N7O/c21-15-3-1-2-14-17(15)27-19(25)31-9-12(26-18(14)31)8-30-10-16(28-29-30)11-4-6-13(7-5-11)32-20(22,23)24/h1-7,9-10H,8H2,(H2,25,27). The zero-order valence-electron chi connectivity index (χ0n) is 16.1. The topological polar surface area (TPSA) is 96.1 Å². The fraction of sp³-hybridized carbons (Fsp3) is 0.100. The second kappa shape index (κ2) is 7.18. The van der Waals surface area contributed by atoms with Crippen molar-refractivity contribution in [1.82, 2.24) is 29.4 Å². The molecule has 0 aliphatic carbocycles. The van der Waals surface area contributed by atoms with Gasteiger partial charge in [0.25, 0.3) is 0 Å². The van der Waals surface area contributed by atoms with E-state index in [9.17, 15) is 17.6 Å². The SMILES string of the molecule is Nc1nc2c(F)cccc2c2nc(Cn3cc(-c4ccc(OC(F)(F)F)cc4)nn3)cn12. The van der Waals surface area contributed by atoms with E-state index in [1.165, 1.54) is 35.0 Å². The van der Waals surface area contributed by atoms with Crippen LogP contribution in [-0.4, -0.2) is 35.7 Å². The first kappa shape index (κ1) is 19.7. The lowest BCUT2D eigenvalue weighted by Crippen LogP contribution is -2.16. The Morgan fingerprint density at radius 1 is 1.00 bits per heavy atom. The van der Waals surface area contributed by atoms with Crippen molar-refractivity contribution in [3.8, 4) is 17.0 Å². The Bertz CT molecular complexity index is 1440. The highest BCUT2D eigenvalue weighted by molar-refractivity contribution is 5.92. The summed E-state index contributed by atoms with van der Waals surface area (Å²) in [6.45, 7) is 0.236. The smallest absolute Gasteiger partial charge is 0.406 e. The Hall–Kier alpha value is -4.22. The van der Waals surface area contributed by atoms with E-state index < -0.39 is 12.2 Å². The molecule has 8 nitrogen and oxygen atoms in total. The maximum atomic E-state index is 14.1. The van der Waals surface area contributed by atoms with Crippen molar-refractivity contribution in [2.75, 3.05) is 5.73 Å². The molecule has 0 fully saturated rings. The van der Waals surface area contributed by atoms with E-state index in [-0.39, 0.29) is 23.8 Å². The number of hydrogen-bond donors (Lipinski definition) is 1. The highest BCUT2D eigenvalue weighted by atomic mass is 19.4. The molecule has 0 aliphatic rings. The molecule has 5 rings (SSSR count). The molecule has 0 bridgehead atoms. The summed E-state index contributed by atoms with van der Waals surface area (Å²) in [7, 11) is 0. The van der Waals surface area contributed by atoms with Crippen molar-refractivity contribution in [3.63, 3.8) is 0 Å². The number of nitrogens with zero attached hydrogens (tertiary/aromatic N) is 6. The van der Waals surface area contributed by atoms with Gasteiger partial charge < -0.3 is 10.5 Å². The lowest BCUT2D eigenvalue weighted by atomic mass is 10.2. The Morgan fingerprint density at radius 2 is 1.78 bits per heavy atom. The highest BCUT2D eigenvalue weighted by Gasteiger charge is 2.31. The Kier molecular flexibility index (Phi) is 4.43. The Labute approximate surface area is 176 Å². The molecule has 0 aliphatic heterocycles. The summed E-state index contributed by atoms with van der Waals surface area (Å²) in [6.07, 6.45) is -1.45. The van der Waals surface area contributed by atoms with Crippen molar-refractivity contribution in [3.05, 3.63) is 66.4 Å². The first-order valence-corrected chi connectivity index (χ1v) is 9.25. The average Bonchev–Trinajstić information content (AvgIpc) is 3.36. The molecule has 0 unspecified atom stereocenters. The number of nitrogens with two attached hydrogens (primary N) is 1. The first-order valence-electron chi connectivity index (χ1n) is 9.25. The molecule has 162 valence electrons. The fourth-order valence-electron chi connectivity index (χ4n) is 3.35. The number of alkyl halides is 3. The minimum absolute atomic E-state index is 0.0943.